The van der Waals surface area contributed by atoms with Crippen molar-refractivity contribution in [3.05, 3.63) is 53.3 Å². The molecule has 0 saturated heterocycles. The lowest BCUT2D eigenvalue weighted by molar-refractivity contribution is 0.246. The number of ether oxygens (including phenoxy) is 2. The SMILES string of the molecule is COc1ccc(NCC2Cc3cc(F)ccc3O2)c(C)c1. The lowest BCUT2D eigenvalue weighted by atomic mass is 10.1. The molecular weight excluding hydrogens is 269 g/mol. The molecule has 0 amide bonds. The second kappa shape index (κ2) is 5.64. The second-order valence-corrected chi connectivity index (χ2v) is 5.26. The second-order valence-electron chi connectivity index (χ2n) is 5.26. The molecule has 0 bridgehead atoms. The van der Waals surface area contributed by atoms with Gasteiger partial charge < -0.3 is 14.8 Å². The molecule has 110 valence electrons. The number of aryl methyl sites for hydroxylation is 1. The van der Waals surface area contributed by atoms with Crippen LogP contribution in [0.4, 0.5) is 10.1 Å². The fourth-order valence-electron chi connectivity index (χ4n) is 2.59. The van der Waals surface area contributed by atoms with E-state index in [2.05, 4.69) is 5.32 Å². The van der Waals surface area contributed by atoms with Gasteiger partial charge in [-0.3, -0.25) is 0 Å². The number of hydrogen-bond donors (Lipinski definition) is 1. The lowest BCUT2D eigenvalue weighted by Gasteiger charge is -2.15. The van der Waals surface area contributed by atoms with E-state index in [1.54, 1.807) is 19.2 Å². The van der Waals surface area contributed by atoms with Crippen molar-refractivity contribution in [2.45, 2.75) is 19.4 Å². The zero-order chi connectivity index (χ0) is 14.8. The summed E-state index contributed by atoms with van der Waals surface area (Å²) in [6.45, 7) is 2.72. The van der Waals surface area contributed by atoms with E-state index >= 15 is 0 Å². The predicted octanol–water partition coefficient (Wildman–Crippen LogP) is 3.56. The largest absolute Gasteiger partial charge is 0.497 e. The summed E-state index contributed by atoms with van der Waals surface area (Å²) in [6.07, 6.45) is 0.762. The Labute approximate surface area is 123 Å². The minimum Gasteiger partial charge on any atom is -0.497 e. The molecule has 1 atom stereocenters. The molecule has 2 aromatic rings. The number of hydrogen-bond acceptors (Lipinski definition) is 3. The molecule has 0 aliphatic carbocycles. The van der Waals surface area contributed by atoms with Crippen LogP contribution in [0.25, 0.3) is 0 Å². The molecule has 21 heavy (non-hydrogen) atoms. The van der Waals surface area contributed by atoms with E-state index in [1.165, 1.54) is 6.07 Å². The molecular formula is C17H18FNO2. The molecule has 0 spiro atoms. The van der Waals surface area contributed by atoms with Gasteiger partial charge in [-0.25, -0.2) is 4.39 Å². The van der Waals surface area contributed by atoms with E-state index in [9.17, 15) is 4.39 Å². The van der Waals surface area contributed by atoms with Crippen LogP contribution in [0.1, 0.15) is 11.1 Å². The number of rotatable bonds is 4. The Morgan fingerprint density at radius 3 is 2.90 bits per heavy atom. The summed E-state index contributed by atoms with van der Waals surface area (Å²) < 4.78 is 24.2. The van der Waals surface area contributed by atoms with Crippen molar-refractivity contribution < 1.29 is 13.9 Å². The first-order valence-corrected chi connectivity index (χ1v) is 6.99. The lowest BCUT2D eigenvalue weighted by Crippen LogP contribution is -2.24. The molecule has 0 aromatic heterocycles. The Morgan fingerprint density at radius 2 is 2.14 bits per heavy atom. The molecule has 3 nitrogen and oxygen atoms in total. The standard InChI is InChI=1S/C17H18FNO2/c1-11-7-14(20-2)4-5-16(11)19-10-15-9-12-8-13(18)3-6-17(12)21-15/h3-8,15,19H,9-10H2,1-2H3. The molecule has 0 saturated carbocycles. The van der Waals surface area contributed by atoms with E-state index < -0.39 is 0 Å². The Bertz CT molecular complexity index is 657. The topological polar surface area (TPSA) is 30.5 Å². The van der Waals surface area contributed by atoms with Gasteiger partial charge in [-0.2, -0.15) is 0 Å². The molecule has 1 aliphatic rings. The van der Waals surface area contributed by atoms with Crippen LogP contribution >= 0.6 is 0 Å². The van der Waals surface area contributed by atoms with Gasteiger partial charge in [0.2, 0.25) is 0 Å². The maximum Gasteiger partial charge on any atom is 0.123 e. The summed E-state index contributed by atoms with van der Waals surface area (Å²) in [5, 5.41) is 3.38. The molecule has 4 heteroatoms. The van der Waals surface area contributed by atoms with Crippen molar-refractivity contribution in [3.63, 3.8) is 0 Å². The third-order valence-corrected chi connectivity index (χ3v) is 3.72. The van der Waals surface area contributed by atoms with Crippen molar-refractivity contribution in [1.29, 1.82) is 0 Å². The number of methoxy groups -OCH3 is 1. The summed E-state index contributed by atoms with van der Waals surface area (Å²) in [7, 11) is 1.66. The van der Waals surface area contributed by atoms with Crippen molar-refractivity contribution in [2.75, 3.05) is 19.0 Å². The van der Waals surface area contributed by atoms with E-state index in [1.807, 2.05) is 25.1 Å². The first-order valence-electron chi connectivity index (χ1n) is 6.99. The normalized spacial score (nSPS) is 16.2. The maximum absolute atomic E-state index is 13.2. The average molecular weight is 287 g/mol. The Hall–Kier alpha value is -2.23. The minimum atomic E-state index is -0.211. The van der Waals surface area contributed by atoms with Gasteiger partial charge in [0.25, 0.3) is 0 Å². The van der Waals surface area contributed by atoms with Crippen LogP contribution < -0.4 is 14.8 Å². The average Bonchev–Trinajstić information content (AvgIpc) is 2.87. The fourth-order valence-corrected chi connectivity index (χ4v) is 2.59. The van der Waals surface area contributed by atoms with Crippen molar-refractivity contribution in [2.24, 2.45) is 0 Å². The van der Waals surface area contributed by atoms with Gasteiger partial charge in [0.1, 0.15) is 23.4 Å². The van der Waals surface area contributed by atoms with Gasteiger partial charge >= 0.3 is 0 Å². The van der Waals surface area contributed by atoms with Gasteiger partial charge in [0, 0.05) is 17.7 Å². The molecule has 1 heterocycles. The van der Waals surface area contributed by atoms with Crippen LogP contribution in [0.2, 0.25) is 0 Å². The third-order valence-electron chi connectivity index (χ3n) is 3.72. The summed E-state index contributed by atoms with van der Waals surface area (Å²) in [4.78, 5) is 0. The number of anilines is 1. The highest BCUT2D eigenvalue weighted by Gasteiger charge is 2.23. The van der Waals surface area contributed by atoms with E-state index in [0.717, 1.165) is 34.7 Å². The zero-order valence-electron chi connectivity index (χ0n) is 12.2. The Kier molecular flexibility index (Phi) is 3.69. The minimum absolute atomic E-state index is 0.0308. The fraction of sp³-hybridized carbons (Fsp3) is 0.294. The monoisotopic (exact) mass is 287 g/mol. The highest BCUT2D eigenvalue weighted by molar-refractivity contribution is 5.53. The number of benzene rings is 2. The van der Waals surface area contributed by atoms with Gasteiger partial charge in [-0.15, -0.1) is 0 Å². The molecule has 3 rings (SSSR count). The summed E-state index contributed by atoms with van der Waals surface area (Å²) in [6, 6.07) is 10.6. The molecule has 1 unspecified atom stereocenters. The number of fused-ring (bicyclic) bond motifs is 1. The van der Waals surface area contributed by atoms with E-state index in [0.29, 0.717) is 6.54 Å². The van der Waals surface area contributed by atoms with Crippen LogP contribution in [0, 0.1) is 12.7 Å². The van der Waals surface area contributed by atoms with Crippen molar-refractivity contribution in [3.8, 4) is 11.5 Å². The smallest absolute Gasteiger partial charge is 0.123 e. The van der Waals surface area contributed by atoms with E-state index in [-0.39, 0.29) is 11.9 Å². The van der Waals surface area contributed by atoms with Crippen LogP contribution in [0.5, 0.6) is 11.5 Å². The Morgan fingerprint density at radius 1 is 1.29 bits per heavy atom. The molecule has 0 fully saturated rings. The van der Waals surface area contributed by atoms with Crippen molar-refractivity contribution in [1.82, 2.24) is 0 Å². The quantitative estimate of drug-likeness (QED) is 0.932. The summed E-state index contributed by atoms with van der Waals surface area (Å²) in [5.41, 5.74) is 3.12. The molecule has 1 N–H and O–H groups in total. The van der Waals surface area contributed by atoms with Crippen LogP contribution in [0.3, 0.4) is 0 Å². The molecule has 0 radical (unpaired) electrons. The number of nitrogens with one attached hydrogen (secondary N) is 1. The Balaban J connectivity index is 1.62. The van der Waals surface area contributed by atoms with E-state index in [4.69, 9.17) is 9.47 Å². The highest BCUT2D eigenvalue weighted by Crippen LogP contribution is 2.29. The number of halogens is 1. The summed E-state index contributed by atoms with van der Waals surface area (Å²) in [5.74, 6) is 1.42. The predicted molar refractivity (Wildman–Crippen MR) is 80.7 cm³/mol. The van der Waals surface area contributed by atoms with Gasteiger partial charge in [0.05, 0.1) is 13.7 Å². The summed E-state index contributed by atoms with van der Waals surface area (Å²) >= 11 is 0. The van der Waals surface area contributed by atoms with Crippen LogP contribution in [-0.2, 0) is 6.42 Å². The molecule has 2 aromatic carbocycles. The van der Waals surface area contributed by atoms with Gasteiger partial charge in [-0.05, 0) is 48.9 Å². The van der Waals surface area contributed by atoms with Crippen LogP contribution in [0.15, 0.2) is 36.4 Å². The zero-order valence-corrected chi connectivity index (χ0v) is 12.2. The third kappa shape index (κ3) is 2.94. The first-order chi connectivity index (χ1) is 10.2. The van der Waals surface area contributed by atoms with Crippen LogP contribution in [-0.4, -0.2) is 19.8 Å². The van der Waals surface area contributed by atoms with Gasteiger partial charge in [0.15, 0.2) is 0 Å². The van der Waals surface area contributed by atoms with Gasteiger partial charge in [-0.1, -0.05) is 0 Å². The molecule has 1 aliphatic heterocycles. The first kappa shape index (κ1) is 13.7. The maximum atomic E-state index is 13.2. The van der Waals surface area contributed by atoms with Crippen molar-refractivity contribution >= 4 is 5.69 Å². The highest BCUT2D eigenvalue weighted by atomic mass is 19.1.